The van der Waals surface area contributed by atoms with Crippen molar-refractivity contribution in [2.24, 2.45) is 0 Å². The van der Waals surface area contributed by atoms with Crippen molar-refractivity contribution in [1.82, 2.24) is 0 Å². The normalized spacial score (nSPS) is 10.2. The van der Waals surface area contributed by atoms with Gasteiger partial charge in [-0.1, -0.05) is 12.1 Å². The number of carbonyl (C=O) groups excluding carboxylic acids is 1. The van der Waals surface area contributed by atoms with Crippen molar-refractivity contribution >= 4 is 54.9 Å². The Morgan fingerprint density at radius 2 is 1.81 bits per heavy atom. The summed E-state index contributed by atoms with van der Waals surface area (Å²) in [5.41, 5.74) is 8.26. The standard InChI is InChI=1S/C15H14Br2N2O2/c1-2-21-15(20)9-5-3-8-12(13(9)18)19-14-10(16)6-4-7-11(14)17/h3-8,19H,2,18H2,1H3. The van der Waals surface area contributed by atoms with Crippen LogP contribution in [0.1, 0.15) is 17.3 Å². The molecule has 0 saturated heterocycles. The summed E-state index contributed by atoms with van der Waals surface area (Å²) in [6, 6.07) is 11.0. The lowest BCUT2D eigenvalue weighted by Crippen LogP contribution is -2.09. The van der Waals surface area contributed by atoms with Crippen LogP contribution in [0.5, 0.6) is 0 Å². The second-order valence-electron chi connectivity index (χ2n) is 4.21. The summed E-state index contributed by atoms with van der Waals surface area (Å²) < 4.78 is 6.77. The fourth-order valence-electron chi connectivity index (χ4n) is 1.81. The Labute approximate surface area is 139 Å². The molecule has 6 heteroatoms. The van der Waals surface area contributed by atoms with Crippen molar-refractivity contribution < 1.29 is 9.53 Å². The summed E-state index contributed by atoms with van der Waals surface area (Å²) in [5, 5.41) is 3.22. The molecule has 0 aliphatic rings. The molecule has 0 bridgehead atoms. The molecule has 0 heterocycles. The highest BCUT2D eigenvalue weighted by molar-refractivity contribution is 9.11. The minimum absolute atomic E-state index is 0.311. The third kappa shape index (κ3) is 3.57. The number of benzene rings is 2. The Bertz CT molecular complexity index is 654. The number of nitrogens with two attached hydrogens (primary N) is 1. The molecule has 0 aliphatic heterocycles. The number of nitrogens with one attached hydrogen (secondary N) is 1. The summed E-state index contributed by atoms with van der Waals surface area (Å²) in [6.45, 7) is 2.07. The molecule has 2 rings (SSSR count). The highest BCUT2D eigenvalue weighted by Crippen LogP contribution is 2.35. The maximum absolute atomic E-state index is 11.9. The number of ether oxygens (including phenoxy) is 1. The molecule has 2 aromatic rings. The molecule has 0 spiro atoms. The van der Waals surface area contributed by atoms with Crippen molar-refractivity contribution in [2.75, 3.05) is 17.7 Å². The second-order valence-corrected chi connectivity index (χ2v) is 5.92. The van der Waals surface area contributed by atoms with Crippen molar-refractivity contribution in [3.05, 3.63) is 50.9 Å². The molecule has 2 aromatic carbocycles. The number of para-hydroxylation sites is 2. The third-order valence-corrected chi connectivity index (χ3v) is 4.15. The Balaban J connectivity index is 2.37. The van der Waals surface area contributed by atoms with Crippen LogP contribution >= 0.6 is 31.9 Å². The van der Waals surface area contributed by atoms with Gasteiger partial charge in [0, 0.05) is 8.95 Å². The van der Waals surface area contributed by atoms with Crippen LogP contribution in [0.2, 0.25) is 0 Å². The summed E-state index contributed by atoms with van der Waals surface area (Å²) in [4.78, 5) is 11.9. The Kier molecular flexibility index (Phi) is 5.25. The zero-order valence-corrected chi connectivity index (χ0v) is 14.5. The SMILES string of the molecule is CCOC(=O)c1cccc(Nc2c(Br)cccc2Br)c1N. The lowest BCUT2D eigenvalue weighted by Gasteiger charge is -2.14. The number of hydrogen-bond donors (Lipinski definition) is 2. The van der Waals surface area contributed by atoms with Crippen LogP contribution in [0.25, 0.3) is 0 Å². The molecule has 21 heavy (non-hydrogen) atoms. The minimum Gasteiger partial charge on any atom is -0.462 e. The van der Waals surface area contributed by atoms with Crippen LogP contribution in [0.3, 0.4) is 0 Å². The molecule has 0 aliphatic carbocycles. The van der Waals surface area contributed by atoms with E-state index >= 15 is 0 Å². The molecule has 0 atom stereocenters. The predicted octanol–water partition coefficient (Wildman–Crippen LogP) is 4.71. The van der Waals surface area contributed by atoms with Crippen LogP contribution in [0.15, 0.2) is 45.3 Å². The largest absolute Gasteiger partial charge is 0.462 e. The average molecular weight is 414 g/mol. The topological polar surface area (TPSA) is 64.3 Å². The van der Waals surface area contributed by atoms with Crippen LogP contribution in [-0.2, 0) is 4.74 Å². The molecular formula is C15H14Br2N2O2. The van der Waals surface area contributed by atoms with Gasteiger partial charge in [-0.05, 0) is 63.0 Å². The molecule has 0 saturated carbocycles. The molecule has 0 amide bonds. The van der Waals surface area contributed by atoms with E-state index in [0.717, 1.165) is 14.6 Å². The zero-order valence-electron chi connectivity index (χ0n) is 11.3. The van der Waals surface area contributed by atoms with Gasteiger partial charge >= 0.3 is 5.97 Å². The Morgan fingerprint density at radius 3 is 2.43 bits per heavy atom. The molecule has 3 N–H and O–H groups in total. The van der Waals surface area contributed by atoms with Gasteiger partial charge < -0.3 is 15.8 Å². The van der Waals surface area contributed by atoms with Crippen molar-refractivity contribution in [1.29, 1.82) is 0 Å². The molecule has 0 fully saturated rings. The number of rotatable bonds is 4. The molecule has 110 valence electrons. The number of esters is 1. The van der Waals surface area contributed by atoms with Gasteiger partial charge in [0.05, 0.1) is 29.2 Å². The van der Waals surface area contributed by atoms with E-state index < -0.39 is 5.97 Å². The summed E-state index contributed by atoms with van der Waals surface area (Å²) in [5.74, 6) is -0.426. The second kappa shape index (κ2) is 6.95. The lowest BCUT2D eigenvalue weighted by molar-refractivity contribution is 0.0527. The summed E-state index contributed by atoms with van der Waals surface area (Å²) >= 11 is 6.95. The highest BCUT2D eigenvalue weighted by Gasteiger charge is 2.14. The average Bonchev–Trinajstić information content (AvgIpc) is 2.45. The van der Waals surface area contributed by atoms with E-state index in [1.54, 1.807) is 19.1 Å². The maximum Gasteiger partial charge on any atom is 0.340 e. The van der Waals surface area contributed by atoms with Crippen LogP contribution in [0, 0.1) is 0 Å². The van der Waals surface area contributed by atoms with Crippen molar-refractivity contribution in [3.63, 3.8) is 0 Å². The Hall–Kier alpha value is -1.53. The van der Waals surface area contributed by atoms with Gasteiger partial charge in [0.1, 0.15) is 0 Å². The van der Waals surface area contributed by atoms with Crippen molar-refractivity contribution in [2.45, 2.75) is 6.92 Å². The number of halogens is 2. The quantitative estimate of drug-likeness (QED) is 0.562. The maximum atomic E-state index is 11.9. The number of anilines is 3. The third-order valence-electron chi connectivity index (χ3n) is 2.82. The van der Waals surface area contributed by atoms with E-state index in [1.165, 1.54) is 0 Å². The van der Waals surface area contributed by atoms with E-state index in [-0.39, 0.29) is 0 Å². The molecule has 4 nitrogen and oxygen atoms in total. The van der Waals surface area contributed by atoms with Crippen LogP contribution in [0.4, 0.5) is 17.1 Å². The van der Waals surface area contributed by atoms with Gasteiger partial charge in [-0.25, -0.2) is 4.79 Å². The molecule has 0 radical (unpaired) electrons. The first-order valence-corrected chi connectivity index (χ1v) is 7.89. The first kappa shape index (κ1) is 15.9. The summed E-state index contributed by atoms with van der Waals surface area (Å²) in [6.07, 6.45) is 0. The molecule has 0 unspecified atom stereocenters. The van der Waals surface area contributed by atoms with Gasteiger partial charge in [0.2, 0.25) is 0 Å². The predicted molar refractivity (Wildman–Crippen MR) is 91.9 cm³/mol. The monoisotopic (exact) mass is 412 g/mol. The number of nitrogen functional groups attached to an aromatic ring is 1. The number of carbonyl (C=O) groups is 1. The van der Waals surface area contributed by atoms with Crippen LogP contribution in [-0.4, -0.2) is 12.6 Å². The summed E-state index contributed by atoms with van der Waals surface area (Å²) in [7, 11) is 0. The van der Waals surface area contributed by atoms with Gasteiger partial charge in [-0.3, -0.25) is 0 Å². The van der Waals surface area contributed by atoms with E-state index in [2.05, 4.69) is 37.2 Å². The Morgan fingerprint density at radius 1 is 1.19 bits per heavy atom. The van der Waals surface area contributed by atoms with E-state index in [4.69, 9.17) is 10.5 Å². The van der Waals surface area contributed by atoms with E-state index in [9.17, 15) is 4.79 Å². The van der Waals surface area contributed by atoms with Gasteiger partial charge in [-0.15, -0.1) is 0 Å². The van der Waals surface area contributed by atoms with Crippen molar-refractivity contribution in [3.8, 4) is 0 Å². The first-order valence-electron chi connectivity index (χ1n) is 6.31. The van der Waals surface area contributed by atoms with Gasteiger partial charge in [0.15, 0.2) is 0 Å². The molecular weight excluding hydrogens is 400 g/mol. The van der Waals surface area contributed by atoms with Gasteiger partial charge in [0.25, 0.3) is 0 Å². The first-order chi connectivity index (χ1) is 10.0. The lowest BCUT2D eigenvalue weighted by atomic mass is 10.1. The smallest absolute Gasteiger partial charge is 0.340 e. The van der Waals surface area contributed by atoms with Crippen LogP contribution < -0.4 is 11.1 Å². The fraction of sp³-hybridized carbons (Fsp3) is 0.133. The van der Waals surface area contributed by atoms with Gasteiger partial charge in [-0.2, -0.15) is 0 Å². The molecule has 0 aromatic heterocycles. The van der Waals surface area contributed by atoms with E-state index in [1.807, 2.05) is 24.3 Å². The highest BCUT2D eigenvalue weighted by atomic mass is 79.9. The fourth-order valence-corrected chi connectivity index (χ4v) is 3.01. The minimum atomic E-state index is -0.426. The van der Waals surface area contributed by atoms with E-state index in [0.29, 0.717) is 23.5 Å². The number of hydrogen-bond acceptors (Lipinski definition) is 4. The zero-order chi connectivity index (χ0) is 15.4.